The first-order valence-corrected chi connectivity index (χ1v) is 11.0. The minimum atomic E-state index is -0.390. The fourth-order valence-electron chi connectivity index (χ4n) is 4.31. The van der Waals surface area contributed by atoms with Gasteiger partial charge in [0.25, 0.3) is 5.56 Å². The number of carbonyl (C=O) groups is 1. The molecule has 1 aliphatic rings. The maximum Gasteiger partial charge on any atom is 0.265 e. The fourth-order valence-corrected chi connectivity index (χ4v) is 4.31. The molecule has 3 aromatic rings. The molecule has 2 aromatic carbocycles. The van der Waals surface area contributed by atoms with Crippen LogP contribution in [0.4, 0.5) is 0 Å². The molecule has 1 aromatic heterocycles. The van der Waals surface area contributed by atoms with Gasteiger partial charge < -0.3 is 14.6 Å². The van der Waals surface area contributed by atoms with Gasteiger partial charge >= 0.3 is 0 Å². The molecule has 1 aliphatic carbocycles. The molecule has 0 saturated heterocycles. The zero-order chi connectivity index (χ0) is 23.4. The molecule has 33 heavy (non-hydrogen) atoms. The first kappa shape index (κ1) is 22.4. The first-order chi connectivity index (χ1) is 16.0. The Bertz CT molecular complexity index is 1260. The number of nitrogens with zero attached hydrogens (tertiary/aromatic N) is 2. The highest BCUT2D eigenvalue weighted by Crippen LogP contribution is 2.32. The number of carbonyl (C=O) groups excluding carboxylic acids is 1. The van der Waals surface area contributed by atoms with Crippen LogP contribution in [0.1, 0.15) is 37.7 Å². The molecule has 1 amide bonds. The average molecular weight is 450 g/mol. The lowest BCUT2D eigenvalue weighted by atomic mass is 9.89. The number of rotatable bonds is 6. The number of nitrogens with one attached hydrogen (secondary N) is 1. The third-order valence-electron chi connectivity index (χ3n) is 6.07. The van der Waals surface area contributed by atoms with Crippen LogP contribution < -0.4 is 20.5 Å². The normalized spacial score (nSPS) is 14.5. The van der Waals surface area contributed by atoms with Crippen LogP contribution >= 0.6 is 0 Å². The number of fused-ring (bicyclic) bond motifs is 1. The van der Waals surface area contributed by atoms with Gasteiger partial charge in [-0.05, 0) is 31.0 Å². The summed E-state index contributed by atoms with van der Waals surface area (Å²) in [6.45, 7) is 0. The molecule has 0 unspecified atom stereocenters. The lowest BCUT2D eigenvalue weighted by Crippen LogP contribution is -2.28. The van der Waals surface area contributed by atoms with Crippen molar-refractivity contribution in [2.45, 2.75) is 32.1 Å². The van der Waals surface area contributed by atoms with E-state index in [0.717, 1.165) is 32.1 Å². The fraction of sp³-hybridized carbons (Fsp3) is 0.320. The monoisotopic (exact) mass is 449 g/mol. The molecular weight excluding hydrogens is 422 g/mol. The van der Waals surface area contributed by atoms with Crippen molar-refractivity contribution in [1.82, 2.24) is 9.99 Å². The molecule has 8 heteroatoms. The Morgan fingerprint density at radius 3 is 2.45 bits per heavy atom. The number of benzene rings is 2. The highest BCUT2D eigenvalue weighted by molar-refractivity contribution is 6.02. The number of aromatic hydroxyl groups is 1. The van der Waals surface area contributed by atoms with Crippen LogP contribution in [-0.2, 0) is 4.79 Å². The first-order valence-electron chi connectivity index (χ1n) is 11.0. The number of pyridine rings is 1. The van der Waals surface area contributed by atoms with E-state index >= 15 is 0 Å². The van der Waals surface area contributed by atoms with Crippen LogP contribution in [0.3, 0.4) is 0 Å². The second-order valence-electron chi connectivity index (χ2n) is 8.03. The van der Waals surface area contributed by atoms with E-state index in [1.165, 1.54) is 25.0 Å². The smallest absolute Gasteiger partial charge is 0.265 e. The molecular formula is C25H27N3O5. The van der Waals surface area contributed by atoms with E-state index in [2.05, 4.69) is 10.5 Å². The standard InChI is InChI=1S/C25H27N3O5/c1-32-21-13-12-17(14-22(21)33-2)28-24(30)19-11-7-6-10-18(19)20(25(28)31)15-26-27-23(29)16-8-4-3-5-9-16/h6-7,10-16,31H,3-5,8-9H2,1-2H3,(H,27,29). The van der Waals surface area contributed by atoms with Gasteiger partial charge in [0.2, 0.25) is 11.8 Å². The summed E-state index contributed by atoms with van der Waals surface area (Å²) in [7, 11) is 3.02. The highest BCUT2D eigenvalue weighted by Gasteiger charge is 2.21. The summed E-state index contributed by atoms with van der Waals surface area (Å²) in [4.78, 5) is 25.7. The number of hydrogen-bond donors (Lipinski definition) is 2. The van der Waals surface area contributed by atoms with Gasteiger partial charge in [0, 0.05) is 22.8 Å². The van der Waals surface area contributed by atoms with Gasteiger partial charge in [0.1, 0.15) is 0 Å². The molecule has 1 saturated carbocycles. The van der Waals surface area contributed by atoms with Crippen molar-refractivity contribution >= 4 is 22.9 Å². The van der Waals surface area contributed by atoms with Gasteiger partial charge in [-0.15, -0.1) is 0 Å². The molecule has 0 bridgehead atoms. The molecule has 1 heterocycles. The van der Waals surface area contributed by atoms with E-state index in [9.17, 15) is 14.7 Å². The van der Waals surface area contributed by atoms with Crippen molar-refractivity contribution in [3.05, 3.63) is 58.4 Å². The SMILES string of the molecule is COc1ccc(-n2c(O)c(C=NNC(=O)C3CCCCC3)c3ccccc3c2=O)cc1OC. The Labute approximate surface area is 191 Å². The highest BCUT2D eigenvalue weighted by atomic mass is 16.5. The summed E-state index contributed by atoms with van der Waals surface area (Å²) >= 11 is 0. The topological polar surface area (TPSA) is 102 Å². The second-order valence-corrected chi connectivity index (χ2v) is 8.03. The Kier molecular flexibility index (Phi) is 6.63. The van der Waals surface area contributed by atoms with Crippen molar-refractivity contribution in [3.8, 4) is 23.1 Å². The van der Waals surface area contributed by atoms with Crippen LogP contribution in [-0.4, -0.2) is 36.0 Å². The minimum absolute atomic E-state index is 0.0399. The van der Waals surface area contributed by atoms with Crippen LogP contribution in [0.25, 0.3) is 16.5 Å². The van der Waals surface area contributed by atoms with Gasteiger partial charge in [-0.3, -0.25) is 9.59 Å². The Hall–Kier alpha value is -3.81. The molecule has 0 aliphatic heterocycles. The Morgan fingerprint density at radius 2 is 1.76 bits per heavy atom. The lowest BCUT2D eigenvalue weighted by Gasteiger charge is -2.19. The largest absolute Gasteiger partial charge is 0.494 e. The van der Waals surface area contributed by atoms with Crippen LogP contribution in [0.2, 0.25) is 0 Å². The van der Waals surface area contributed by atoms with Crippen LogP contribution in [0.15, 0.2) is 52.4 Å². The van der Waals surface area contributed by atoms with Gasteiger partial charge in [-0.1, -0.05) is 37.5 Å². The van der Waals surface area contributed by atoms with Gasteiger partial charge in [-0.25, -0.2) is 9.99 Å². The third kappa shape index (κ3) is 4.41. The number of methoxy groups -OCH3 is 2. The molecule has 172 valence electrons. The molecule has 0 radical (unpaired) electrons. The summed E-state index contributed by atoms with van der Waals surface area (Å²) in [5.41, 5.74) is 2.93. The Balaban J connectivity index is 1.77. The van der Waals surface area contributed by atoms with Gasteiger partial charge in [0.05, 0.1) is 31.7 Å². The number of hydrogen-bond acceptors (Lipinski definition) is 6. The van der Waals surface area contributed by atoms with E-state index in [0.29, 0.717) is 33.5 Å². The minimum Gasteiger partial charge on any atom is -0.494 e. The van der Waals surface area contributed by atoms with Crippen molar-refractivity contribution in [3.63, 3.8) is 0 Å². The second kappa shape index (κ2) is 9.77. The zero-order valence-corrected chi connectivity index (χ0v) is 18.7. The van der Waals surface area contributed by atoms with Crippen LogP contribution in [0.5, 0.6) is 17.4 Å². The predicted octanol–water partition coefficient (Wildman–Crippen LogP) is 3.74. The molecule has 4 rings (SSSR count). The van der Waals surface area contributed by atoms with E-state index in [4.69, 9.17) is 9.47 Å². The van der Waals surface area contributed by atoms with Crippen molar-refractivity contribution < 1.29 is 19.4 Å². The molecule has 0 atom stereocenters. The van der Waals surface area contributed by atoms with E-state index in [-0.39, 0.29) is 17.7 Å². The summed E-state index contributed by atoms with van der Waals surface area (Å²) in [5, 5.41) is 16.2. The van der Waals surface area contributed by atoms with E-state index in [1.807, 2.05) is 0 Å². The Morgan fingerprint density at radius 1 is 1.06 bits per heavy atom. The number of ether oxygens (including phenoxy) is 2. The van der Waals surface area contributed by atoms with Crippen molar-refractivity contribution in [2.24, 2.45) is 11.0 Å². The zero-order valence-electron chi connectivity index (χ0n) is 18.7. The quantitative estimate of drug-likeness (QED) is 0.441. The number of amides is 1. The van der Waals surface area contributed by atoms with E-state index in [1.54, 1.807) is 42.5 Å². The summed E-state index contributed by atoms with van der Waals surface area (Å²) in [6.07, 6.45) is 6.35. The summed E-state index contributed by atoms with van der Waals surface area (Å²) in [6, 6.07) is 11.9. The lowest BCUT2D eigenvalue weighted by molar-refractivity contribution is -0.125. The molecule has 1 fully saturated rings. The number of hydrazone groups is 1. The average Bonchev–Trinajstić information content (AvgIpc) is 2.86. The van der Waals surface area contributed by atoms with E-state index < -0.39 is 5.56 Å². The van der Waals surface area contributed by atoms with Gasteiger partial charge in [0.15, 0.2) is 11.5 Å². The van der Waals surface area contributed by atoms with Crippen molar-refractivity contribution in [2.75, 3.05) is 14.2 Å². The maximum absolute atomic E-state index is 13.3. The van der Waals surface area contributed by atoms with Gasteiger partial charge in [-0.2, -0.15) is 5.10 Å². The third-order valence-corrected chi connectivity index (χ3v) is 6.07. The molecule has 0 spiro atoms. The predicted molar refractivity (Wildman–Crippen MR) is 127 cm³/mol. The number of aromatic nitrogens is 1. The van der Waals surface area contributed by atoms with Crippen LogP contribution in [0, 0.1) is 5.92 Å². The summed E-state index contributed by atoms with van der Waals surface area (Å²) < 4.78 is 11.8. The molecule has 2 N–H and O–H groups in total. The van der Waals surface area contributed by atoms with Crippen molar-refractivity contribution in [1.29, 1.82) is 0 Å². The summed E-state index contributed by atoms with van der Waals surface area (Å²) in [5.74, 6) is 0.470. The maximum atomic E-state index is 13.3. The molecule has 8 nitrogen and oxygen atoms in total.